The first-order valence-corrected chi connectivity index (χ1v) is 6.63. The normalized spacial score (nSPS) is 22.3. The zero-order chi connectivity index (χ0) is 13.7. The van der Waals surface area contributed by atoms with E-state index in [1.54, 1.807) is 0 Å². The number of aryl methyl sites for hydroxylation is 1. The van der Waals surface area contributed by atoms with Crippen molar-refractivity contribution in [2.75, 3.05) is 0 Å². The number of fused-ring (bicyclic) bond motifs is 1. The lowest BCUT2D eigenvalue weighted by Gasteiger charge is -2.39. The highest BCUT2D eigenvalue weighted by Gasteiger charge is 2.36. The van der Waals surface area contributed by atoms with E-state index in [1.807, 2.05) is 20.8 Å². The van der Waals surface area contributed by atoms with E-state index in [1.165, 1.54) is 5.56 Å². The molecule has 100 valence electrons. The van der Waals surface area contributed by atoms with Crippen LogP contribution in [0.1, 0.15) is 63.8 Å². The molecule has 2 rings (SSSR count). The molecule has 1 aromatic carbocycles. The van der Waals surface area contributed by atoms with Crippen LogP contribution in [0.25, 0.3) is 0 Å². The molecule has 0 saturated heterocycles. The quantitative estimate of drug-likeness (QED) is 0.755. The predicted molar refractivity (Wildman–Crippen MR) is 74.2 cm³/mol. The summed E-state index contributed by atoms with van der Waals surface area (Å²) >= 11 is 0. The van der Waals surface area contributed by atoms with Gasteiger partial charge in [0.1, 0.15) is 11.4 Å². The number of benzene rings is 1. The average molecular weight is 248 g/mol. The molecule has 0 amide bonds. The fourth-order valence-electron chi connectivity index (χ4n) is 2.70. The Labute approximate surface area is 110 Å². The largest absolute Gasteiger partial charge is 0.487 e. The van der Waals surface area contributed by atoms with Gasteiger partial charge in [0.05, 0.1) is 6.10 Å². The van der Waals surface area contributed by atoms with Gasteiger partial charge in [-0.15, -0.1) is 0 Å². The maximum atomic E-state index is 10.4. The van der Waals surface area contributed by atoms with Crippen LogP contribution in [0.5, 0.6) is 5.75 Å². The summed E-state index contributed by atoms with van der Waals surface area (Å²) < 4.78 is 6.17. The van der Waals surface area contributed by atoms with Gasteiger partial charge in [-0.1, -0.05) is 32.9 Å². The van der Waals surface area contributed by atoms with Crippen molar-refractivity contribution in [1.82, 2.24) is 0 Å². The first-order chi connectivity index (χ1) is 8.12. The lowest BCUT2D eigenvalue weighted by molar-refractivity contribution is 0.00954. The molecule has 0 spiro atoms. The molecule has 1 aromatic rings. The third kappa shape index (κ3) is 2.26. The van der Waals surface area contributed by atoms with E-state index in [-0.39, 0.29) is 11.0 Å². The van der Waals surface area contributed by atoms with Crippen LogP contribution in [-0.2, 0) is 5.41 Å². The second kappa shape index (κ2) is 3.99. The van der Waals surface area contributed by atoms with Gasteiger partial charge >= 0.3 is 0 Å². The van der Waals surface area contributed by atoms with Gasteiger partial charge in [0, 0.05) is 12.0 Å². The Morgan fingerprint density at radius 1 is 1.28 bits per heavy atom. The number of hydrogen-bond acceptors (Lipinski definition) is 2. The molecule has 2 nitrogen and oxygen atoms in total. The van der Waals surface area contributed by atoms with E-state index < -0.39 is 6.10 Å². The van der Waals surface area contributed by atoms with Crippen LogP contribution >= 0.6 is 0 Å². The number of hydrogen-bond donors (Lipinski definition) is 1. The van der Waals surface area contributed by atoms with Gasteiger partial charge in [-0.2, -0.15) is 0 Å². The van der Waals surface area contributed by atoms with Crippen molar-refractivity contribution in [3.63, 3.8) is 0 Å². The van der Waals surface area contributed by atoms with Crippen LogP contribution in [0.2, 0.25) is 0 Å². The van der Waals surface area contributed by atoms with Crippen LogP contribution in [0, 0.1) is 6.92 Å². The highest BCUT2D eigenvalue weighted by atomic mass is 16.5. The van der Waals surface area contributed by atoms with Gasteiger partial charge in [-0.3, -0.25) is 0 Å². The topological polar surface area (TPSA) is 29.5 Å². The monoisotopic (exact) mass is 248 g/mol. The summed E-state index contributed by atoms with van der Waals surface area (Å²) in [6.45, 7) is 12.6. The van der Waals surface area contributed by atoms with Crippen molar-refractivity contribution in [2.24, 2.45) is 0 Å². The van der Waals surface area contributed by atoms with Crippen LogP contribution in [0.15, 0.2) is 12.1 Å². The van der Waals surface area contributed by atoms with Gasteiger partial charge in [0.2, 0.25) is 0 Å². The highest BCUT2D eigenvalue weighted by Crippen LogP contribution is 2.46. The number of aliphatic hydroxyl groups excluding tert-OH is 1. The van der Waals surface area contributed by atoms with E-state index >= 15 is 0 Å². The summed E-state index contributed by atoms with van der Waals surface area (Å²) in [4.78, 5) is 0. The Hall–Kier alpha value is -1.02. The highest BCUT2D eigenvalue weighted by molar-refractivity contribution is 5.51. The third-order valence-corrected chi connectivity index (χ3v) is 3.62. The van der Waals surface area contributed by atoms with Gasteiger partial charge in [-0.05, 0) is 37.3 Å². The molecule has 18 heavy (non-hydrogen) atoms. The molecule has 0 aromatic heterocycles. The van der Waals surface area contributed by atoms with E-state index in [0.717, 1.165) is 16.9 Å². The Balaban J connectivity index is 2.66. The summed E-state index contributed by atoms with van der Waals surface area (Å²) in [6.07, 6.45) is 0.222. The summed E-state index contributed by atoms with van der Waals surface area (Å²) in [5.41, 5.74) is 2.98. The fourth-order valence-corrected chi connectivity index (χ4v) is 2.70. The van der Waals surface area contributed by atoms with E-state index in [2.05, 4.69) is 32.9 Å². The first kappa shape index (κ1) is 13.4. The minimum Gasteiger partial charge on any atom is -0.487 e. The van der Waals surface area contributed by atoms with Crippen LogP contribution in [-0.4, -0.2) is 10.7 Å². The average Bonchev–Trinajstić information content (AvgIpc) is 2.12. The van der Waals surface area contributed by atoms with Crippen LogP contribution in [0.4, 0.5) is 0 Å². The Bertz CT molecular complexity index is 467. The van der Waals surface area contributed by atoms with Crippen molar-refractivity contribution < 1.29 is 9.84 Å². The molecule has 1 N–H and O–H groups in total. The SMILES string of the molecule is Cc1ccc(C(C)(C)C)c2c1C(O)CC(C)(C)O2. The first-order valence-electron chi connectivity index (χ1n) is 6.63. The molecule has 1 aliphatic rings. The minimum atomic E-state index is -0.425. The second-order valence-corrected chi connectivity index (χ2v) is 7.00. The Morgan fingerprint density at radius 2 is 1.89 bits per heavy atom. The van der Waals surface area contributed by atoms with Gasteiger partial charge in [0.15, 0.2) is 0 Å². The van der Waals surface area contributed by atoms with Gasteiger partial charge < -0.3 is 9.84 Å². The lowest BCUT2D eigenvalue weighted by Crippen LogP contribution is -2.36. The smallest absolute Gasteiger partial charge is 0.129 e. The molecular weight excluding hydrogens is 224 g/mol. The number of ether oxygens (including phenoxy) is 1. The van der Waals surface area contributed by atoms with Crippen LogP contribution in [0.3, 0.4) is 0 Å². The number of aliphatic hydroxyl groups is 1. The predicted octanol–water partition coefficient (Wildman–Crippen LogP) is 3.89. The molecule has 0 saturated carbocycles. The number of rotatable bonds is 0. The Kier molecular flexibility index (Phi) is 2.97. The molecule has 1 unspecified atom stereocenters. The zero-order valence-electron chi connectivity index (χ0n) is 12.3. The van der Waals surface area contributed by atoms with E-state index in [0.29, 0.717) is 6.42 Å². The molecule has 1 aliphatic heterocycles. The molecule has 1 atom stereocenters. The van der Waals surface area contributed by atoms with Crippen LogP contribution < -0.4 is 4.74 Å². The fraction of sp³-hybridized carbons (Fsp3) is 0.625. The molecule has 0 fully saturated rings. The molecule has 1 heterocycles. The summed E-state index contributed by atoms with van der Waals surface area (Å²) in [7, 11) is 0. The molecule has 0 aliphatic carbocycles. The summed E-state index contributed by atoms with van der Waals surface area (Å²) in [5.74, 6) is 0.895. The van der Waals surface area contributed by atoms with Crippen molar-refractivity contribution >= 4 is 0 Å². The van der Waals surface area contributed by atoms with E-state index in [4.69, 9.17) is 4.74 Å². The standard InChI is InChI=1S/C16H24O2/c1-10-7-8-11(15(2,3)4)14-13(10)12(17)9-16(5,6)18-14/h7-8,12,17H,9H2,1-6H3. The van der Waals surface area contributed by atoms with Gasteiger partial charge in [-0.25, -0.2) is 0 Å². The van der Waals surface area contributed by atoms with Gasteiger partial charge in [0.25, 0.3) is 0 Å². The minimum absolute atomic E-state index is 0.0188. The maximum absolute atomic E-state index is 10.4. The zero-order valence-corrected chi connectivity index (χ0v) is 12.3. The van der Waals surface area contributed by atoms with Crippen molar-refractivity contribution in [1.29, 1.82) is 0 Å². The van der Waals surface area contributed by atoms with Crippen molar-refractivity contribution in [3.8, 4) is 5.75 Å². The second-order valence-electron chi connectivity index (χ2n) is 7.00. The lowest BCUT2D eigenvalue weighted by atomic mass is 9.80. The maximum Gasteiger partial charge on any atom is 0.129 e. The molecule has 0 bridgehead atoms. The molecular formula is C16H24O2. The third-order valence-electron chi connectivity index (χ3n) is 3.62. The summed E-state index contributed by atoms with van der Waals surface area (Å²) in [5, 5.41) is 10.4. The van der Waals surface area contributed by atoms with E-state index in [9.17, 15) is 5.11 Å². The van der Waals surface area contributed by atoms with Crippen molar-refractivity contribution in [3.05, 3.63) is 28.8 Å². The Morgan fingerprint density at radius 3 is 2.44 bits per heavy atom. The summed E-state index contributed by atoms with van der Waals surface area (Å²) in [6, 6.07) is 4.21. The molecule has 0 radical (unpaired) electrons. The van der Waals surface area contributed by atoms with Crippen molar-refractivity contribution in [2.45, 2.75) is 65.1 Å². The molecule has 2 heteroatoms.